The van der Waals surface area contributed by atoms with E-state index in [0.717, 1.165) is 50.3 Å². The van der Waals surface area contributed by atoms with Crippen molar-refractivity contribution in [3.05, 3.63) is 17.5 Å². The first-order chi connectivity index (χ1) is 11.2. The maximum absolute atomic E-state index is 10.2. The first-order valence-corrected chi connectivity index (χ1v) is 8.82. The average molecular weight is 323 g/mol. The molecule has 3 rings (SSSR count). The van der Waals surface area contributed by atoms with Crippen molar-refractivity contribution in [3.8, 4) is 0 Å². The number of piperidine rings is 1. The van der Waals surface area contributed by atoms with Crippen molar-refractivity contribution in [2.45, 2.75) is 50.7 Å². The van der Waals surface area contributed by atoms with Crippen molar-refractivity contribution < 1.29 is 14.6 Å². The van der Waals surface area contributed by atoms with Gasteiger partial charge in [0.1, 0.15) is 0 Å². The summed E-state index contributed by atoms with van der Waals surface area (Å²) in [5.74, 6) is 0.466. The number of hydrogen-bond donors (Lipinski definition) is 2. The van der Waals surface area contributed by atoms with Crippen LogP contribution in [0.5, 0.6) is 0 Å². The van der Waals surface area contributed by atoms with E-state index >= 15 is 0 Å². The summed E-state index contributed by atoms with van der Waals surface area (Å²) >= 11 is 0. The molecule has 2 aliphatic heterocycles. The minimum absolute atomic E-state index is 0.226. The Hall–Kier alpha value is -0.950. The van der Waals surface area contributed by atoms with E-state index < -0.39 is 6.10 Å². The molecule has 1 aromatic heterocycles. The molecule has 0 spiro atoms. The molecule has 0 unspecified atom stereocenters. The van der Waals surface area contributed by atoms with Crippen LogP contribution in [0.15, 0.2) is 6.07 Å². The zero-order valence-electron chi connectivity index (χ0n) is 14.0. The van der Waals surface area contributed by atoms with E-state index in [1.165, 1.54) is 6.42 Å². The number of nitrogens with one attached hydrogen (secondary N) is 1. The van der Waals surface area contributed by atoms with Crippen LogP contribution in [-0.2, 0) is 9.47 Å². The second-order valence-corrected chi connectivity index (χ2v) is 6.90. The number of aliphatic hydroxyl groups excluding tert-OH is 1. The number of ether oxygens (including phenoxy) is 2. The second kappa shape index (κ2) is 8.24. The third-order valence-electron chi connectivity index (χ3n) is 4.76. The fourth-order valence-electron chi connectivity index (χ4n) is 3.57. The quantitative estimate of drug-likeness (QED) is 0.795. The zero-order chi connectivity index (χ0) is 16.1. The molecule has 2 N–H and O–H groups in total. The normalized spacial score (nSPS) is 27.4. The highest BCUT2D eigenvalue weighted by atomic mass is 16.5. The molecule has 0 aliphatic carbocycles. The number of aryl methyl sites for hydroxylation is 1. The first kappa shape index (κ1) is 16.9. The Morgan fingerprint density at radius 1 is 1.48 bits per heavy atom. The minimum Gasteiger partial charge on any atom is -0.389 e. The largest absolute Gasteiger partial charge is 0.389 e. The topological polar surface area (TPSA) is 70.6 Å². The van der Waals surface area contributed by atoms with Gasteiger partial charge in [-0.3, -0.25) is 5.10 Å². The van der Waals surface area contributed by atoms with Crippen molar-refractivity contribution in [3.63, 3.8) is 0 Å². The number of H-pyrrole nitrogens is 1. The number of nitrogens with zero attached hydrogens (tertiary/aromatic N) is 2. The van der Waals surface area contributed by atoms with Gasteiger partial charge in [-0.1, -0.05) is 0 Å². The van der Waals surface area contributed by atoms with Gasteiger partial charge in [-0.2, -0.15) is 5.10 Å². The number of rotatable bonds is 7. The molecule has 0 aromatic carbocycles. The van der Waals surface area contributed by atoms with Gasteiger partial charge in [0.2, 0.25) is 0 Å². The maximum Gasteiger partial charge on any atom is 0.0900 e. The predicted octanol–water partition coefficient (Wildman–Crippen LogP) is 1.45. The number of hydrogen-bond acceptors (Lipinski definition) is 5. The molecule has 2 aliphatic rings. The van der Waals surface area contributed by atoms with E-state index in [4.69, 9.17) is 9.47 Å². The number of aromatic nitrogens is 2. The van der Waals surface area contributed by atoms with Crippen molar-refractivity contribution in [2.24, 2.45) is 0 Å². The van der Waals surface area contributed by atoms with E-state index in [1.807, 2.05) is 6.92 Å². The van der Waals surface area contributed by atoms with Crippen molar-refractivity contribution >= 4 is 0 Å². The fraction of sp³-hybridized carbons (Fsp3) is 0.824. The molecule has 0 amide bonds. The smallest absolute Gasteiger partial charge is 0.0900 e. The Morgan fingerprint density at radius 3 is 3.13 bits per heavy atom. The molecule has 2 saturated heterocycles. The highest BCUT2D eigenvalue weighted by Crippen LogP contribution is 2.25. The summed E-state index contributed by atoms with van der Waals surface area (Å²) in [4.78, 5) is 2.33. The second-order valence-electron chi connectivity index (χ2n) is 6.90. The lowest BCUT2D eigenvalue weighted by Gasteiger charge is -2.33. The lowest BCUT2D eigenvalue weighted by atomic mass is 9.94. The van der Waals surface area contributed by atoms with Gasteiger partial charge in [0.05, 0.1) is 31.1 Å². The van der Waals surface area contributed by atoms with Crippen LogP contribution < -0.4 is 0 Å². The zero-order valence-corrected chi connectivity index (χ0v) is 14.0. The van der Waals surface area contributed by atoms with Crippen LogP contribution >= 0.6 is 0 Å². The van der Waals surface area contributed by atoms with Crippen LogP contribution in [0.2, 0.25) is 0 Å². The highest BCUT2D eigenvalue weighted by Gasteiger charge is 2.24. The summed E-state index contributed by atoms with van der Waals surface area (Å²) in [6, 6.07) is 2.13. The first-order valence-electron chi connectivity index (χ1n) is 8.82. The van der Waals surface area contributed by atoms with E-state index in [2.05, 4.69) is 21.2 Å². The summed E-state index contributed by atoms with van der Waals surface area (Å²) in [5, 5.41) is 17.6. The monoisotopic (exact) mass is 323 g/mol. The molecule has 0 bridgehead atoms. The van der Waals surface area contributed by atoms with Gasteiger partial charge in [0.25, 0.3) is 0 Å². The number of likely N-dealkylation sites (tertiary alicyclic amines) is 1. The van der Waals surface area contributed by atoms with Gasteiger partial charge in [0.15, 0.2) is 0 Å². The summed E-state index contributed by atoms with van der Waals surface area (Å²) in [7, 11) is 0. The Balaban J connectivity index is 1.38. The molecule has 6 nitrogen and oxygen atoms in total. The van der Waals surface area contributed by atoms with E-state index in [9.17, 15) is 5.11 Å². The molecule has 130 valence electrons. The Kier molecular flexibility index (Phi) is 6.05. The van der Waals surface area contributed by atoms with Crippen molar-refractivity contribution in [1.82, 2.24) is 15.1 Å². The molecular weight excluding hydrogens is 294 g/mol. The van der Waals surface area contributed by atoms with Crippen molar-refractivity contribution in [2.75, 3.05) is 39.5 Å². The Labute approximate surface area is 138 Å². The minimum atomic E-state index is -0.434. The van der Waals surface area contributed by atoms with Crippen LogP contribution in [0.4, 0.5) is 0 Å². The van der Waals surface area contributed by atoms with E-state index in [1.54, 1.807) is 0 Å². The number of β-amino-alcohol motifs (C(OH)–C–C–N with tert-alkyl or cyclic N) is 1. The Morgan fingerprint density at radius 2 is 2.39 bits per heavy atom. The van der Waals surface area contributed by atoms with E-state index in [0.29, 0.717) is 25.7 Å². The molecule has 1 aromatic rings. The number of aliphatic hydroxyl groups is 1. The summed E-state index contributed by atoms with van der Waals surface area (Å²) < 4.78 is 11.1. The van der Waals surface area contributed by atoms with Crippen LogP contribution in [0.25, 0.3) is 0 Å². The predicted molar refractivity (Wildman–Crippen MR) is 87.5 cm³/mol. The molecule has 3 atom stereocenters. The fourth-order valence-corrected chi connectivity index (χ4v) is 3.57. The third-order valence-corrected chi connectivity index (χ3v) is 4.76. The summed E-state index contributed by atoms with van der Waals surface area (Å²) in [6.07, 6.45) is 4.32. The molecule has 23 heavy (non-hydrogen) atoms. The lowest BCUT2D eigenvalue weighted by molar-refractivity contribution is -0.0269. The summed E-state index contributed by atoms with van der Waals surface area (Å²) in [5.41, 5.74) is 2.26. The maximum atomic E-state index is 10.2. The molecule has 0 radical (unpaired) electrons. The van der Waals surface area contributed by atoms with Gasteiger partial charge in [0, 0.05) is 31.3 Å². The molecule has 6 heteroatoms. The molecule has 2 fully saturated rings. The van der Waals surface area contributed by atoms with Gasteiger partial charge in [-0.25, -0.2) is 0 Å². The van der Waals surface area contributed by atoms with Crippen LogP contribution in [0, 0.1) is 6.92 Å². The van der Waals surface area contributed by atoms with Gasteiger partial charge >= 0.3 is 0 Å². The van der Waals surface area contributed by atoms with Gasteiger partial charge < -0.3 is 19.5 Å². The van der Waals surface area contributed by atoms with Gasteiger partial charge in [-0.15, -0.1) is 0 Å². The van der Waals surface area contributed by atoms with E-state index in [-0.39, 0.29) is 6.10 Å². The highest BCUT2D eigenvalue weighted by molar-refractivity contribution is 5.13. The third kappa shape index (κ3) is 5.01. The standard InChI is InChI=1S/C17H29N3O3/c1-13-8-17(19-18-13)14-4-2-6-20(9-14)10-15(21)11-22-12-16-5-3-7-23-16/h8,14-16,21H,2-7,9-12H2,1H3,(H,18,19)/t14-,15+,16+/m1/s1. The van der Waals surface area contributed by atoms with Gasteiger partial charge in [-0.05, 0) is 45.2 Å². The van der Waals surface area contributed by atoms with Crippen LogP contribution in [0.1, 0.15) is 43.0 Å². The SMILES string of the molecule is Cc1cc([C@@H]2CCCN(C[C@H](O)COC[C@@H]3CCCO3)C2)n[nH]1. The molecular formula is C17H29N3O3. The van der Waals surface area contributed by atoms with Crippen LogP contribution in [0.3, 0.4) is 0 Å². The Bertz CT molecular complexity index is 473. The van der Waals surface area contributed by atoms with Crippen LogP contribution in [-0.4, -0.2) is 71.9 Å². The molecule has 3 heterocycles. The summed E-state index contributed by atoms with van der Waals surface area (Å²) in [6.45, 7) is 6.56. The number of aromatic amines is 1. The average Bonchev–Trinajstić information content (AvgIpc) is 3.19. The molecule has 0 saturated carbocycles. The van der Waals surface area contributed by atoms with Crippen molar-refractivity contribution in [1.29, 1.82) is 0 Å². The lowest BCUT2D eigenvalue weighted by Crippen LogP contribution is -2.41.